The molecule has 12 heteroatoms. The summed E-state index contributed by atoms with van der Waals surface area (Å²) >= 11 is 0. The molecule has 12 nitrogen and oxygen atoms in total. The highest BCUT2D eigenvalue weighted by Gasteiger charge is 2.48. The number of rotatable bonds is 19. The van der Waals surface area contributed by atoms with E-state index >= 15 is 0 Å². The van der Waals surface area contributed by atoms with E-state index in [4.69, 9.17) is 15.2 Å². The van der Waals surface area contributed by atoms with Crippen molar-refractivity contribution in [2.75, 3.05) is 61.2 Å². The smallest absolute Gasteiger partial charge is 0.245 e. The number of methoxy groups -OCH3 is 2. The summed E-state index contributed by atoms with van der Waals surface area (Å²) < 4.78 is 12.0. The van der Waals surface area contributed by atoms with Crippen LogP contribution >= 0.6 is 0 Å². The molecule has 0 bridgehead atoms. The van der Waals surface area contributed by atoms with Gasteiger partial charge in [0.05, 0.1) is 42.2 Å². The van der Waals surface area contributed by atoms with Crippen molar-refractivity contribution in [1.29, 1.82) is 0 Å². The van der Waals surface area contributed by atoms with E-state index in [1.165, 1.54) is 0 Å². The standard InChI is InChI=1S/C40H68N6O6/c1-12-27(4)35(45(9)38(49)34(26(2)3)42-39(50)40(43(6)7)20-15-21-40)32(51-10)25-33(47)46-22-14-18-31(46)36(52-11)28(5)37(48)44(8)23-19-29-16-13-17-30(41)24-29/h13,16-17,24,26-28,31-32,34-36H,12,14-15,18-23,25,41H2,1-11H3,(H,42,50)/t27-,28+,31-,32+,34-,35-,36+/m0/s1. The number of carbonyl (C=O) groups excluding carboxylic acids is 4. The number of anilines is 1. The van der Waals surface area contributed by atoms with Gasteiger partial charge in [0.15, 0.2) is 0 Å². The molecule has 2 fully saturated rings. The Morgan fingerprint density at radius 1 is 1.00 bits per heavy atom. The lowest BCUT2D eigenvalue weighted by molar-refractivity contribution is -0.150. The first-order chi connectivity index (χ1) is 24.5. The molecule has 1 aromatic rings. The number of carbonyl (C=O) groups is 4. The number of nitrogens with two attached hydrogens (primary N) is 1. The first-order valence-electron chi connectivity index (χ1n) is 19.2. The zero-order valence-electron chi connectivity index (χ0n) is 33.8. The Balaban J connectivity index is 1.74. The third-order valence-corrected chi connectivity index (χ3v) is 12.0. The van der Waals surface area contributed by atoms with Gasteiger partial charge in [0.25, 0.3) is 0 Å². The van der Waals surface area contributed by atoms with E-state index in [1.807, 2.05) is 68.9 Å². The van der Waals surface area contributed by atoms with E-state index in [1.54, 1.807) is 38.1 Å². The molecule has 4 amide bonds. The molecule has 0 radical (unpaired) electrons. The van der Waals surface area contributed by atoms with Crippen molar-refractivity contribution in [1.82, 2.24) is 24.9 Å². The molecule has 1 saturated carbocycles. The van der Waals surface area contributed by atoms with Crippen molar-refractivity contribution in [3.63, 3.8) is 0 Å². The minimum atomic E-state index is -0.719. The Kier molecular flexibility index (Phi) is 16.0. The summed E-state index contributed by atoms with van der Waals surface area (Å²) in [5.74, 6) is -1.04. The molecule has 3 rings (SSSR count). The average molecular weight is 729 g/mol. The van der Waals surface area contributed by atoms with Gasteiger partial charge in [-0.3, -0.25) is 24.1 Å². The molecular formula is C40H68N6O6. The quantitative estimate of drug-likeness (QED) is 0.205. The van der Waals surface area contributed by atoms with Crippen molar-refractivity contribution >= 4 is 29.3 Å². The highest BCUT2D eigenvalue weighted by atomic mass is 16.5. The zero-order chi connectivity index (χ0) is 38.9. The third kappa shape index (κ3) is 9.85. The Morgan fingerprint density at radius 3 is 2.19 bits per heavy atom. The summed E-state index contributed by atoms with van der Waals surface area (Å²) in [6.45, 7) is 11.0. The van der Waals surface area contributed by atoms with Gasteiger partial charge >= 0.3 is 0 Å². The van der Waals surface area contributed by atoms with Crippen LogP contribution in [0.5, 0.6) is 0 Å². The molecule has 2 aliphatic rings. The van der Waals surface area contributed by atoms with Crippen LogP contribution in [0.1, 0.15) is 85.1 Å². The van der Waals surface area contributed by atoms with E-state index in [0.29, 0.717) is 25.2 Å². The molecule has 0 spiro atoms. The highest BCUT2D eigenvalue weighted by Crippen LogP contribution is 2.37. The molecular weight excluding hydrogens is 660 g/mol. The number of benzene rings is 1. The van der Waals surface area contributed by atoms with Gasteiger partial charge in [-0.05, 0) is 82.2 Å². The second-order valence-corrected chi connectivity index (χ2v) is 15.8. The third-order valence-electron chi connectivity index (χ3n) is 12.0. The van der Waals surface area contributed by atoms with Crippen LogP contribution in [0.25, 0.3) is 0 Å². The summed E-state index contributed by atoms with van der Waals surface area (Å²) in [5, 5.41) is 3.11. The van der Waals surface area contributed by atoms with Crippen LogP contribution in [0.4, 0.5) is 5.69 Å². The van der Waals surface area contributed by atoms with Gasteiger partial charge in [0.2, 0.25) is 23.6 Å². The van der Waals surface area contributed by atoms with Crippen molar-refractivity contribution in [2.45, 2.75) is 122 Å². The Hall–Kier alpha value is -3.22. The van der Waals surface area contributed by atoms with Crippen LogP contribution in [0.2, 0.25) is 0 Å². The van der Waals surface area contributed by atoms with Gasteiger partial charge in [0.1, 0.15) is 6.04 Å². The lowest BCUT2D eigenvalue weighted by atomic mass is 9.74. The van der Waals surface area contributed by atoms with Gasteiger partial charge in [-0.15, -0.1) is 0 Å². The molecule has 0 aromatic heterocycles. The first-order valence-corrected chi connectivity index (χ1v) is 19.2. The van der Waals surface area contributed by atoms with Crippen molar-refractivity contribution < 1.29 is 28.7 Å². The molecule has 0 unspecified atom stereocenters. The van der Waals surface area contributed by atoms with Gasteiger partial charge in [0, 0.05) is 47.1 Å². The van der Waals surface area contributed by atoms with Crippen LogP contribution in [-0.4, -0.2) is 135 Å². The number of ether oxygens (including phenoxy) is 2. The van der Waals surface area contributed by atoms with E-state index in [-0.39, 0.29) is 47.9 Å². The monoisotopic (exact) mass is 729 g/mol. The van der Waals surface area contributed by atoms with E-state index in [0.717, 1.165) is 44.1 Å². The Morgan fingerprint density at radius 2 is 1.67 bits per heavy atom. The normalized spacial score (nSPS) is 20.4. The predicted molar refractivity (Wildman–Crippen MR) is 205 cm³/mol. The second-order valence-electron chi connectivity index (χ2n) is 15.8. The fourth-order valence-corrected chi connectivity index (χ4v) is 8.20. The van der Waals surface area contributed by atoms with Crippen LogP contribution in [0.3, 0.4) is 0 Å². The topological polar surface area (TPSA) is 138 Å². The summed E-state index contributed by atoms with van der Waals surface area (Å²) in [6, 6.07) is 6.28. The summed E-state index contributed by atoms with van der Waals surface area (Å²) in [6.07, 6.45) is 4.48. The second kappa shape index (κ2) is 19.2. The lowest BCUT2D eigenvalue weighted by Gasteiger charge is -2.46. The van der Waals surface area contributed by atoms with Gasteiger partial charge < -0.3 is 35.2 Å². The minimum absolute atomic E-state index is 0.0107. The van der Waals surface area contributed by atoms with Crippen molar-refractivity contribution in [3.8, 4) is 0 Å². The van der Waals surface area contributed by atoms with Crippen LogP contribution in [-0.2, 0) is 35.1 Å². The fourth-order valence-electron chi connectivity index (χ4n) is 8.20. The summed E-state index contributed by atoms with van der Waals surface area (Å²) in [5.41, 5.74) is 7.11. The number of hydrogen-bond acceptors (Lipinski definition) is 8. The number of likely N-dealkylation sites (N-methyl/N-ethyl adjacent to an activating group) is 3. The number of hydrogen-bond donors (Lipinski definition) is 2. The Labute approximate surface area is 313 Å². The number of likely N-dealkylation sites (tertiary alicyclic amines) is 1. The van der Waals surface area contributed by atoms with Crippen LogP contribution in [0.15, 0.2) is 24.3 Å². The zero-order valence-corrected chi connectivity index (χ0v) is 33.8. The van der Waals surface area contributed by atoms with Crippen molar-refractivity contribution in [2.24, 2.45) is 17.8 Å². The highest BCUT2D eigenvalue weighted by molar-refractivity contribution is 5.93. The number of nitrogen functional groups attached to an aromatic ring is 1. The number of nitrogens with one attached hydrogen (secondary N) is 1. The van der Waals surface area contributed by atoms with E-state index in [9.17, 15) is 19.2 Å². The van der Waals surface area contributed by atoms with Crippen LogP contribution in [0, 0.1) is 17.8 Å². The molecule has 1 saturated heterocycles. The average Bonchev–Trinajstić information content (AvgIpc) is 3.57. The molecule has 1 heterocycles. The van der Waals surface area contributed by atoms with E-state index < -0.39 is 35.7 Å². The Bertz CT molecular complexity index is 1350. The number of nitrogens with zero attached hydrogens (tertiary/aromatic N) is 4. The maximum absolute atomic E-state index is 14.3. The summed E-state index contributed by atoms with van der Waals surface area (Å²) in [7, 11) is 10.6. The number of amides is 4. The molecule has 1 aliphatic carbocycles. The maximum atomic E-state index is 14.3. The molecule has 52 heavy (non-hydrogen) atoms. The lowest BCUT2D eigenvalue weighted by Crippen LogP contribution is -2.65. The van der Waals surface area contributed by atoms with Gasteiger partial charge in [-0.25, -0.2) is 0 Å². The molecule has 1 aromatic carbocycles. The van der Waals surface area contributed by atoms with Gasteiger partial charge in [-0.2, -0.15) is 0 Å². The van der Waals surface area contributed by atoms with Gasteiger partial charge in [-0.1, -0.05) is 53.2 Å². The SMILES string of the molecule is CC[C@H](C)[C@@H]([C@@H](CC(=O)N1CCC[C@H]1[C@H](OC)[C@@H](C)C(=O)N(C)CCc1cccc(N)c1)OC)N(C)C(=O)[C@@H](NC(=O)C1(N(C)C)CCC1)C(C)C. The first kappa shape index (κ1) is 43.2. The molecule has 1 aliphatic heterocycles. The van der Waals surface area contributed by atoms with E-state index in [2.05, 4.69) is 19.2 Å². The minimum Gasteiger partial charge on any atom is -0.399 e. The largest absolute Gasteiger partial charge is 0.399 e. The van der Waals surface area contributed by atoms with Crippen molar-refractivity contribution in [3.05, 3.63) is 29.8 Å². The van der Waals surface area contributed by atoms with Crippen LogP contribution < -0.4 is 11.1 Å². The summed E-state index contributed by atoms with van der Waals surface area (Å²) in [4.78, 5) is 62.9. The maximum Gasteiger partial charge on any atom is 0.245 e. The molecule has 7 atom stereocenters. The fraction of sp³-hybridized carbons (Fsp3) is 0.750. The molecule has 294 valence electrons. The molecule has 3 N–H and O–H groups in total. The predicted octanol–water partition coefficient (Wildman–Crippen LogP) is 3.82.